The van der Waals surface area contributed by atoms with Crippen molar-refractivity contribution in [2.24, 2.45) is 0 Å². The standard InChI is InChI=1S/C21H18N4O3/c1-13(26)15-4-2-5-16(12-15)18-6-3-11-25-19(18)23-21(24-25)22-17-9-7-14(8-10-17)20(27)28/h2-13,26H,1H3,(H,22,24)(H,27,28). The van der Waals surface area contributed by atoms with Crippen LogP contribution in [0.5, 0.6) is 0 Å². The van der Waals surface area contributed by atoms with Gasteiger partial charge in [0.2, 0.25) is 5.95 Å². The summed E-state index contributed by atoms with van der Waals surface area (Å²) in [5.41, 5.74) is 4.25. The average Bonchev–Trinajstić information content (AvgIpc) is 3.10. The minimum Gasteiger partial charge on any atom is -0.478 e. The second kappa shape index (κ2) is 7.13. The third-order valence-corrected chi connectivity index (χ3v) is 4.43. The van der Waals surface area contributed by atoms with Crippen molar-refractivity contribution in [3.8, 4) is 11.1 Å². The fourth-order valence-electron chi connectivity index (χ4n) is 2.98. The van der Waals surface area contributed by atoms with E-state index >= 15 is 0 Å². The Bertz CT molecular complexity index is 1150. The number of aromatic carboxylic acids is 1. The Morgan fingerprint density at radius 2 is 1.89 bits per heavy atom. The molecule has 4 aromatic rings. The van der Waals surface area contributed by atoms with Gasteiger partial charge in [-0.2, -0.15) is 4.98 Å². The molecule has 0 aliphatic rings. The molecule has 0 saturated carbocycles. The molecule has 28 heavy (non-hydrogen) atoms. The van der Waals surface area contributed by atoms with Crippen LogP contribution in [-0.4, -0.2) is 30.8 Å². The molecule has 7 nitrogen and oxygen atoms in total. The predicted molar refractivity (Wildman–Crippen MR) is 106 cm³/mol. The van der Waals surface area contributed by atoms with Crippen LogP contribution in [0, 0.1) is 0 Å². The largest absolute Gasteiger partial charge is 0.478 e. The molecular weight excluding hydrogens is 356 g/mol. The summed E-state index contributed by atoms with van der Waals surface area (Å²) >= 11 is 0. The number of aliphatic hydroxyl groups excluding tert-OH is 1. The molecule has 2 heterocycles. The lowest BCUT2D eigenvalue weighted by atomic mass is 10.0. The zero-order valence-corrected chi connectivity index (χ0v) is 15.1. The number of nitrogens with zero attached hydrogens (tertiary/aromatic N) is 3. The zero-order chi connectivity index (χ0) is 19.7. The predicted octanol–water partition coefficient (Wildman–Crippen LogP) is 3.89. The minimum atomic E-state index is -0.971. The molecule has 4 rings (SSSR count). The lowest BCUT2D eigenvalue weighted by Crippen LogP contribution is -1.97. The number of nitrogens with one attached hydrogen (secondary N) is 1. The van der Waals surface area contributed by atoms with Crippen LogP contribution in [0.2, 0.25) is 0 Å². The highest BCUT2D eigenvalue weighted by molar-refractivity contribution is 5.88. The maximum atomic E-state index is 11.0. The third-order valence-electron chi connectivity index (χ3n) is 4.43. The van der Waals surface area contributed by atoms with E-state index < -0.39 is 12.1 Å². The van der Waals surface area contributed by atoms with E-state index in [1.54, 1.807) is 23.6 Å². The first-order valence-electron chi connectivity index (χ1n) is 8.75. The fraction of sp³-hybridized carbons (Fsp3) is 0.0952. The van der Waals surface area contributed by atoms with E-state index in [9.17, 15) is 9.90 Å². The van der Waals surface area contributed by atoms with E-state index in [2.05, 4.69) is 15.4 Å². The molecule has 140 valence electrons. The first-order chi connectivity index (χ1) is 13.5. The molecule has 0 aliphatic carbocycles. The number of rotatable bonds is 5. The molecule has 0 fully saturated rings. The summed E-state index contributed by atoms with van der Waals surface area (Å²) in [5.74, 6) is -0.566. The first-order valence-corrected chi connectivity index (χ1v) is 8.75. The normalized spacial score (nSPS) is 12.1. The SMILES string of the molecule is CC(O)c1cccc(-c2cccn3nc(Nc4ccc(C(=O)O)cc4)nc23)c1. The van der Waals surface area contributed by atoms with Crippen LogP contribution < -0.4 is 5.32 Å². The molecule has 1 unspecified atom stereocenters. The van der Waals surface area contributed by atoms with Crippen molar-refractivity contribution in [1.29, 1.82) is 0 Å². The number of carbonyl (C=O) groups is 1. The summed E-state index contributed by atoms with van der Waals surface area (Å²) in [5, 5.41) is 26.4. The minimum absolute atomic E-state index is 0.216. The third kappa shape index (κ3) is 3.43. The van der Waals surface area contributed by atoms with Crippen molar-refractivity contribution in [1.82, 2.24) is 14.6 Å². The molecule has 2 aromatic heterocycles. The maximum absolute atomic E-state index is 11.0. The Labute approximate surface area is 160 Å². The quantitative estimate of drug-likeness (QED) is 0.490. The van der Waals surface area contributed by atoms with Gasteiger partial charge in [-0.3, -0.25) is 0 Å². The number of pyridine rings is 1. The highest BCUT2D eigenvalue weighted by Gasteiger charge is 2.11. The summed E-state index contributed by atoms with van der Waals surface area (Å²) in [6.45, 7) is 1.73. The Morgan fingerprint density at radius 1 is 1.11 bits per heavy atom. The van der Waals surface area contributed by atoms with Crippen molar-refractivity contribution in [2.45, 2.75) is 13.0 Å². The van der Waals surface area contributed by atoms with Crippen LogP contribution in [0.25, 0.3) is 16.8 Å². The monoisotopic (exact) mass is 374 g/mol. The Morgan fingerprint density at radius 3 is 2.61 bits per heavy atom. The van der Waals surface area contributed by atoms with Gasteiger partial charge in [0.25, 0.3) is 0 Å². The van der Waals surface area contributed by atoms with Gasteiger partial charge in [-0.15, -0.1) is 5.10 Å². The van der Waals surface area contributed by atoms with Gasteiger partial charge in [0.15, 0.2) is 5.65 Å². The molecule has 2 aromatic carbocycles. The Balaban J connectivity index is 1.69. The molecule has 0 amide bonds. The molecular formula is C21H18N4O3. The number of carboxylic acid groups (broad SMARTS) is 1. The molecule has 3 N–H and O–H groups in total. The van der Waals surface area contributed by atoms with Crippen molar-refractivity contribution in [3.05, 3.63) is 78.0 Å². The van der Waals surface area contributed by atoms with Gasteiger partial charge in [0, 0.05) is 17.4 Å². The second-order valence-electron chi connectivity index (χ2n) is 6.43. The maximum Gasteiger partial charge on any atom is 0.335 e. The summed E-state index contributed by atoms with van der Waals surface area (Å²) in [6.07, 6.45) is 1.26. The van der Waals surface area contributed by atoms with Gasteiger partial charge in [-0.25, -0.2) is 9.31 Å². The van der Waals surface area contributed by atoms with Crippen molar-refractivity contribution < 1.29 is 15.0 Å². The summed E-state index contributed by atoms with van der Waals surface area (Å²) < 4.78 is 1.68. The van der Waals surface area contributed by atoms with Crippen LogP contribution in [0.15, 0.2) is 66.9 Å². The van der Waals surface area contributed by atoms with Crippen molar-refractivity contribution >= 4 is 23.3 Å². The van der Waals surface area contributed by atoms with E-state index in [1.165, 1.54) is 12.1 Å². The summed E-state index contributed by atoms with van der Waals surface area (Å²) in [7, 11) is 0. The van der Waals surface area contributed by atoms with Crippen LogP contribution in [0.1, 0.15) is 28.9 Å². The van der Waals surface area contributed by atoms with Crippen LogP contribution in [0.3, 0.4) is 0 Å². The Hall–Kier alpha value is -3.71. The van der Waals surface area contributed by atoms with Crippen LogP contribution in [-0.2, 0) is 0 Å². The van der Waals surface area contributed by atoms with Crippen molar-refractivity contribution in [2.75, 3.05) is 5.32 Å². The van der Waals surface area contributed by atoms with E-state index in [-0.39, 0.29) is 5.56 Å². The molecule has 7 heteroatoms. The van der Waals surface area contributed by atoms with Gasteiger partial charge >= 0.3 is 5.97 Å². The molecule has 0 bridgehead atoms. The molecule has 1 atom stereocenters. The number of aromatic nitrogens is 3. The highest BCUT2D eigenvalue weighted by atomic mass is 16.4. The van der Waals surface area contributed by atoms with Crippen LogP contribution in [0.4, 0.5) is 11.6 Å². The summed E-state index contributed by atoms with van der Waals surface area (Å²) in [4.78, 5) is 15.5. The highest BCUT2D eigenvalue weighted by Crippen LogP contribution is 2.27. The average molecular weight is 374 g/mol. The van der Waals surface area contributed by atoms with Crippen molar-refractivity contribution in [3.63, 3.8) is 0 Å². The number of fused-ring (bicyclic) bond motifs is 1. The zero-order valence-electron chi connectivity index (χ0n) is 15.1. The lowest BCUT2D eigenvalue weighted by Gasteiger charge is -2.08. The Kier molecular flexibility index (Phi) is 4.50. The first kappa shape index (κ1) is 17.7. The van der Waals surface area contributed by atoms with Crippen LogP contribution >= 0.6 is 0 Å². The van der Waals surface area contributed by atoms with Gasteiger partial charge in [0.1, 0.15) is 0 Å². The van der Waals surface area contributed by atoms with Gasteiger partial charge < -0.3 is 15.5 Å². The van der Waals surface area contributed by atoms with E-state index in [0.29, 0.717) is 17.3 Å². The number of carboxylic acids is 1. The number of aliphatic hydroxyl groups is 1. The van der Waals surface area contributed by atoms with Gasteiger partial charge in [-0.1, -0.05) is 18.2 Å². The molecule has 0 aliphatic heterocycles. The van der Waals surface area contributed by atoms with E-state index in [4.69, 9.17) is 5.11 Å². The second-order valence-corrected chi connectivity index (χ2v) is 6.43. The van der Waals surface area contributed by atoms with E-state index in [0.717, 1.165) is 16.7 Å². The van der Waals surface area contributed by atoms with Gasteiger partial charge in [0.05, 0.1) is 11.7 Å². The molecule has 0 radical (unpaired) electrons. The number of anilines is 2. The molecule has 0 saturated heterocycles. The number of hydrogen-bond acceptors (Lipinski definition) is 5. The fourth-order valence-corrected chi connectivity index (χ4v) is 2.98. The topological polar surface area (TPSA) is 99.8 Å². The number of hydrogen-bond donors (Lipinski definition) is 3. The summed E-state index contributed by atoms with van der Waals surface area (Å²) in [6, 6.07) is 17.9. The molecule has 0 spiro atoms. The smallest absolute Gasteiger partial charge is 0.335 e. The number of benzene rings is 2. The lowest BCUT2D eigenvalue weighted by molar-refractivity contribution is 0.0697. The van der Waals surface area contributed by atoms with E-state index in [1.807, 2.05) is 42.6 Å². The van der Waals surface area contributed by atoms with Gasteiger partial charge in [-0.05, 0) is 60.5 Å².